The Kier molecular flexibility index (Phi) is 4.78. The number of nitrogen functional groups attached to an aromatic ring is 1. The zero-order valence-electron chi connectivity index (χ0n) is 11.6. The first kappa shape index (κ1) is 15.4. The highest BCUT2D eigenvalue weighted by molar-refractivity contribution is 6.43. The van der Waals surface area contributed by atoms with Gasteiger partial charge in [-0.05, 0) is 38.1 Å². The molecule has 0 spiro atoms. The minimum atomic E-state index is -0.156. The van der Waals surface area contributed by atoms with Crippen molar-refractivity contribution in [3.63, 3.8) is 0 Å². The number of nitrogens with two attached hydrogens (primary N) is 1. The average molecular weight is 316 g/mol. The quantitative estimate of drug-likeness (QED) is 0.825. The van der Waals surface area contributed by atoms with Crippen LogP contribution in [-0.4, -0.2) is 37.0 Å². The fourth-order valence-corrected chi connectivity index (χ4v) is 2.90. The molecule has 0 aromatic heterocycles. The number of hydrogen-bond donors (Lipinski definition) is 2. The van der Waals surface area contributed by atoms with Crippen molar-refractivity contribution in [2.75, 3.05) is 25.9 Å². The molecule has 0 bridgehead atoms. The van der Waals surface area contributed by atoms with E-state index in [0.29, 0.717) is 22.2 Å². The molecule has 1 saturated heterocycles. The average Bonchev–Trinajstić information content (AvgIpc) is 2.38. The third-order valence-electron chi connectivity index (χ3n) is 3.74. The smallest absolute Gasteiger partial charge is 0.251 e. The van der Waals surface area contributed by atoms with Crippen LogP contribution in [0.3, 0.4) is 0 Å². The maximum absolute atomic E-state index is 12.3. The van der Waals surface area contributed by atoms with E-state index in [2.05, 4.69) is 24.2 Å². The zero-order chi connectivity index (χ0) is 14.9. The second kappa shape index (κ2) is 6.20. The lowest BCUT2D eigenvalue weighted by Crippen LogP contribution is -2.48. The molecule has 1 aliphatic rings. The van der Waals surface area contributed by atoms with Crippen LogP contribution in [-0.2, 0) is 0 Å². The molecule has 3 N–H and O–H groups in total. The first-order valence-electron chi connectivity index (χ1n) is 6.62. The number of likely N-dealkylation sites (tertiary alicyclic amines) is 1. The molecule has 110 valence electrons. The molecule has 2 atom stereocenters. The summed E-state index contributed by atoms with van der Waals surface area (Å²) in [5.41, 5.74) is 6.50. The molecule has 1 aliphatic heterocycles. The number of hydrogen-bond acceptors (Lipinski definition) is 3. The predicted octanol–water partition coefficient (Wildman–Crippen LogP) is 2.65. The SMILES string of the molecule is CC1CN(C)CCC1NC(=O)c1cc(N)c(Cl)c(Cl)c1. The lowest BCUT2D eigenvalue weighted by molar-refractivity contribution is 0.0884. The maximum Gasteiger partial charge on any atom is 0.251 e. The molecule has 20 heavy (non-hydrogen) atoms. The maximum atomic E-state index is 12.3. The summed E-state index contributed by atoms with van der Waals surface area (Å²) in [5, 5.41) is 3.64. The van der Waals surface area contributed by atoms with Crippen molar-refractivity contribution in [3.8, 4) is 0 Å². The third-order valence-corrected chi connectivity index (χ3v) is 4.56. The highest BCUT2D eigenvalue weighted by Gasteiger charge is 2.26. The Balaban J connectivity index is 2.09. The Labute approximate surface area is 129 Å². The number of carbonyl (C=O) groups excluding carboxylic acids is 1. The summed E-state index contributed by atoms with van der Waals surface area (Å²) < 4.78 is 0. The molecule has 1 heterocycles. The van der Waals surface area contributed by atoms with Crippen molar-refractivity contribution in [3.05, 3.63) is 27.7 Å². The van der Waals surface area contributed by atoms with Gasteiger partial charge in [0.15, 0.2) is 0 Å². The topological polar surface area (TPSA) is 58.4 Å². The molecule has 1 fully saturated rings. The monoisotopic (exact) mass is 315 g/mol. The van der Waals surface area contributed by atoms with Crippen molar-refractivity contribution in [1.29, 1.82) is 0 Å². The molecule has 1 aromatic carbocycles. The normalized spacial score (nSPS) is 23.6. The van der Waals surface area contributed by atoms with Gasteiger partial charge in [0.25, 0.3) is 5.91 Å². The minimum Gasteiger partial charge on any atom is -0.397 e. The summed E-state index contributed by atoms with van der Waals surface area (Å²) in [5.74, 6) is 0.259. The standard InChI is InChI=1S/C14H19Cl2N3O/c1-8-7-19(2)4-3-12(8)18-14(20)9-5-10(15)13(16)11(17)6-9/h5-6,8,12H,3-4,7,17H2,1-2H3,(H,18,20). The highest BCUT2D eigenvalue weighted by atomic mass is 35.5. The summed E-state index contributed by atoms with van der Waals surface area (Å²) >= 11 is 11.8. The van der Waals surface area contributed by atoms with Gasteiger partial charge in [0.2, 0.25) is 0 Å². The predicted molar refractivity (Wildman–Crippen MR) is 83.4 cm³/mol. The minimum absolute atomic E-state index is 0.156. The van der Waals surface area contributed by atoms with Gasteiger partial charge in [0.05, 0.1) is 15.7 Å². The number of amides is 1. The first-order valence-corrected chi connectivity index (χ1v) is 7.38. The van der Waals surface area contributed by atoms with Crippen LogP contribution in [0.15, 0.2) is 12.1 Å². The Morgan fingerprint density at radius 3 is 2.75 bits per heavy atom. The largest absolute Gasteiger partial charge is 0.397 e. The number of nitrogens with zero attached hydrogens (tertiary/aromatic N) is 1. The highest BCUT2D eigenvalue weighted by Crippen LogP contribution is 2.29. The van der Waals surface area contributed by atoms with Gasteiger partial charge in [-0.15, -0.1) is 0 Å². The van der Waals surface area contributed by atoms with E-state index in [1.165, 1.54) is 0 Å². The van der Waals surface area contributed by atoms with E-state index in [1.54, 1.807) is 12.1 Å². The van der Waals surface area contributed by atoms with Crippen LogP contribution in [0, 0.1) is 5.92 Å². The van der Waals surface area contributed by atoms with Crippen LogP contribution in [0.2, 0.25) is 10.0 Å². The van der Waals surface area contributed by atoms with Gasteiger partial charge in [0, 0.05) is 18.2 Å². The number of anilines is 1. The van der Waals surface area contributed by atoms with Gasteiger partial charge in [-0.1, -0.05) is 30.1 Å². The molecule has 1 aromatic rings. The third kappa shape index (κ3) is 3.37. The van der Waals surface area contributed by atoms with Gasteiger partial charge >= 0.3 is 0 Å². The van der Waals surface area contributed by atoms with Crippen molar-refractivity contribution >= 4 is 34.8 Å². The van der Waals surface area contributed by atoms with E-state index in [0.717, 1.165) is 19.5 Å². The summed E-state index contributed by atoms with van der Waals surface area (Å²) in [6, 6.07) is 3.28. The molecule has 0 radical (unpaired) electrons. The molecule has 4 nitrogen and oxygen atoms in total. The van der Waals surface area contributed by atoms with E-state index in [4.69, 9.17) is 28.9 Å². The number of piperidine rings is 1. The number of nitrogens with one attached hydrogen (secondary N) is 1. The lowest BCUT2D eigenvalue weighted by atomic mass is 9.94. The number of rotatable bonds is 2. The summed E-state index contributed by atoms with van der Waals surface area (Å²) in [4.78, 5) is 14.5. The Morgan fingerprint density at radius 2 is 2.15 bits per heavy atom. The van der Waals surface area contributed by atoms with Crippen LogP contribution in [0.1, 0.15) is 23.7 Å². The van der Waals surface area contributed by atoms with Gasteiger partial charge in [-0.3, -0.25) is 4.79 Å². The van der Waals surface area contributed by atoms with E-state index in [1.807, 2.05) is 0 Å². The van der Waals surface area contributed by atoms with Crippen molar-refractivity contribution < 1.29 is 4.79 Å². The van der Waals surface area contributed by atoms with Gasteiger partial charge in [-0.25, -0.2) is 0 Å². The fraction of sp³-hybridized carbons (Fsp3) is 0.500. The van der Waals surface area contributed by atoms with Crippen molar-refractivity contribution in [2.45, 2.75) is 19.4 Å². The molecule has 1 amide bonds. The molecule has 0 aliphatic carbocycles. The van der Waals surface area contributed by atoms with Crippen molar-refractivity contribution in [1.82, 2.24) is 10.2 Å². The second-order valence-corrected chi connectivity index (χ2v) is 6.25. The van der Waals surface area contributed by atoms with Crippen LogP contribution >= 0.6 is 23.2 Å². The Hall–Kier alpha value is -0.970. The molecule has 2 unspecified atom stereocenters. The van der Waals surface area contributed by atoms with Crippen LogP contribution in [0.4, 0.5) is 5.69 Å². The van der Waals surface area contributed by atoms with Crippen LogP contribution in [0.5, 0.6) is 0 Å². The zero-order valence-corrected chi connectivity index (χ0v) is 13.1. The summed E-state index contributed by atoms with van der Waals surface area (Å²) in [6.45, 7) is 4.11. The number of benzene rings is 1. The number of carbonyl (C=O) groups is 1. The van der Waals surface area contributed by atoms with Gasteiger partial charge in [0.1, 0.15) is 0 Å². The molecule has 0 saturated carbocycles. The molecule has 2 rings (SSSR count). The second-order valence-electron chi connectivity index (χ2n) is 5.47. The first-order chi connectivity index (χ1) is 9.38. The van der Waals surface area contributed by atoms with E-state index in [9.17, 15) is 4.79 Å². The van der Waals surface area contributed by atoms with Gasteiger partial charge < -0.3 is 16.0 Å². The lowest BCUT2D eigenvalue weighted by Gasteiger charge is -2.35. The summed E-state index contributed by atoms with van der Waals surface area (Å²) in [7, 11) is 2.09. The molecular formula is C14H19Cl2N3O. The van der Waals surface area contributed by atoms with E-state index < -0.39 is 0 Å². The Bertz CT molecular complexity index is 498. The summed E-state index contributed by atoms with van der Waals surface area (Å²) in [6.07, 6.45) is 0.945. The van der Waals surface area contributed by atoms with Crippen LogP contribution < -0.4 is 11.1 Å². The fourth-order valence-electron chi connectivity index (χ4n) is 2.56. The van der Waals surface area contributed by atoms with Gasteiger partial charge in [-0.2, -0.15) is 0 Å². The van der Waals surface area contributed by atoms with Crippen molar-refractivity contribution in [2.24, 2.45) is 5.92 Å². The van der Waals surface area contributed by atoms with E-state index in [-0.39, 0.29) is 17.0 Å². The number of halogens is 2. The molecular weight excluding hydrogens is 297 g/mol. The van der Waals surface area contributed by atoms with Crippen LogP contribution in [0.25, 0.3) is 0 Å². The van der Waals surface area contributed by atoms with E-state index >= 15 is 0 Å². The Morgan fingerprint density at radius 1 is 1.45 bits per heavy atom. The molecule has 6 heteroatoms.